The molecule has 0 bridgehead atoms. The Hall–Kier alpha value is -5.08. The van der Waals surface area contributed by atoms with Crippen LogP contribution in [-0.2, 0) is 16.2 Å². The zero-order chi connectivity index (χ0) is 41.8. The summed E-state index contributed by atoms with van der Waals surface area (Å²) in [6, 6.07) is 52.0. The standard InChI is InChI=1S/C59H64N2/c1-55(2)49-37-41(43-27-31-53-51(39-43)56(3)33-17-7-9-19-35-58(56,5)60(53)45-21-13-11-14-22-45)25-29-47(49)48-30-26-42(38-50(48)55)44-28-32-54-52(40-44)57(4)34-18-8-10-20-36-59(57,6)61(54)46-23-15-12-16-24-46/h11-16,21-32,37-40H,7-10,17-20,33-36H2,1-6H3. The fourth-order valence-corrected chi connectivity index (χ4v) is 13.6. The lowest BCUT2D eigenvalue weighted by Gasteiger charge is -2.48. The normalized spacial score (nSPS) is 27.4. The molecule has 2 saturated carbocycles. The van der Waals surface area contributed by atoms with Crippen molar-refractivity contribution in [2.75, 3.05) is 9.80 Å². The van der Waals surface area contributed by atoms with Gasteiger partial charge >= 0.3 is 0 Å². The molecule has 2 heterocycles. The first kappa shape index (κ1) is 38.8. The molecule has 61 heavy (non-hydrogen) atoms. The molecule has 2 heteroatoms. The number of benzene rings is 6. The molecule has 2 fully saturated rings. The quantitative estimate of drug-likeness (QED) is 0.175. The molecule has 0 saturated heterocycles. The summed E-state index contributed by atoms with van der Waals surface area (Å²) in [6.07, 6.45) is 15.4. The van der Waals surface area contributed by atoms with Gasteiger partial charge in [0.2, 0.25) is 0 Å². The highest BCUT2D eigenvalue weighted by atomic mass is 15.3. The minimum absolute atomic E-state index is 0.0293. The predicted molar refractivity (Wildman–Crippen MR) is 259 cm³/mol. The molecule has 0 amide bonds. The van der Waals surface area contributed by atoms with E-state index in [1.807, 2.05) is 0 Å². The second-order valence-electron chi connectivity index (χ2n) is 21.0. The van der Waals surface area contributed by atoms with E-state index in [-0.39, 0.29) is 27.3 Å². The molecule has 4 unspecified atom stereocenters. The molecule has 2 aliphatic heterocycles. The van der Waals surface area contributed by atoms with Gasteiger partial charge in [-0.15, -0.1) is 0 Å². The molecule has 4 atom stereocenters. The maximum absolute atomic E-state index is 2.72. The van der Waals surface area contributed by atoms with Crippen molar-refractivity contribution >= 4 is 22.7 Å². The van der Waals surface area contributed by atoms with Gasteiger partial charge < -0.3 is 9.80 Å². The Morgan fingerprint density at radius 2 is 0.689 bits per heavy atom. The van der Waals surface area contributed by atoms with Gasteiger partial charge in [-0.2, -0.15) is 0 Å². The highest BCUT2D eigenvalue weighted by Crippen LogP contribution is 2.62. The van der Waals surface area contributed by atoms with Crippen LogP contribution in [0.1, 0.15) is 141 Å². The van der Waals surface area contributed by atoms with E-state index >= 15 is 0 Å². The minimum Gasteiger partial charge on any atom is -0.334 e. The molecule has 0 aromatic heterocycles. The van der Waals surface area contributed by atoms with Crippen molar-refractivity contribution in [2.24, 2.45) is 0 Å². The van der Waals surface area contributed by atoms with Crippen LogP contribution < -0.4 is 9.80 Å². The average molecular weight is 801 g/mol. The Bertz CT molecular complexity index is 2480. The SMILES string of the molecule is CC1(C)c2cc(-c3ccc4c(c3)C3(C)CCCCCCC3(C)N4c3ccccc3)ccc2-c2ccc(-c3ccc4c(c3)C3(C)CCCCCCC3(C)N4c3ccccc3)cc21. The molecule has 6 aromatic rings. The Labute approximate surface area is 366 Å². The highest BCUT2D eigenvalue weighted by Gasteiger charge is 2.58. The molecule has 0 radical (unpaired) electrons. The molecule has 11 rings (SSSR count). The zero-order valence-corrected chi connectivity index (χ0v) is 37.6. The summed E-state index contributed by atoms with van der Waals surface area (Å²) in [6.45, 7) is 15.2. The first-order chi connectivity index (χ1) is 29.5. The summed E-state index contributed by atoms with van der Waals surface area (Å²) >= 11 is 0. The van der Waals surface area contributed by atoms with Crippen molar-refractivity contribution in [1.82, 2.24) is 0 Å². The lowest BCUT2D eigenvalue weighted by molar-refractivity contribution is 0.218. The third-order valence-corrected chi connectivity index (χ3v) is 17.6. The summed E-state index contributed by atoms with van der Waals surface area (Å²) < 4.78 is 0. The Morgan fingerprint density at radius 3 is 1.08 bits per heavy atom. The fourth-order valence-electron chi connectivity index (χ4n) is 13.6. The monoisotopic (exact) mass is 801 g/mol. The molecule has 0 N–H and O–H groups in total. The van der Waals surface area contributed by atoms with E-state index in [9.17, 15) is 0 Å². The van der Waals surface area contributed by atoms with Crippen molar-refractivity contribution in [2.45, 2.75) is 146 Å². The molecular formula is C59H64N2. The number of anilines is 4. The second-order valence-corrected chi connectivity index (χ2v) is 21.0. The van der Waals surface area contributed by atoms with Crippen LogP contribution in [0.5, 0.6) is 0 Å². The Kier molecular flexibility index (Phi) is 8.89. The van der Waals surface area contributed by atoms with Crippen molar-refractivity contribution in [3.8, 4) is 33.4 Å². The number of para-hydroxylation sites is 2. The van der Waals surface area contributed by atoms with Crippen LogP contribution in [0.25, 0.3) is 33.4 Å². The topological polar surface area (TPSA) is 6.48 Å². The van der Waals surface area contributed by atoms with E-state index in [0.717, 1.165) is 0 Å². The number of hydrogen-bond donors (Lipinski definition) is 0. The van der Waals surface area contributed by atoms with Crippen LogP contribution in [0.4, 0.5) is 22.7 Å². The largest absolute Gasteiger partial charge is 0.334 e. The van der Waals surface area contributed by atoms with E-state index in [0.29, 0.717) is 0 Å². The first-order valence-electron chi connectivity index (χ1n) is 23.8. The molecule has 0 spiro atoms. The minimum atomic E-state index is -0.119. The lowest BCUT2D eigenvalue weighted by Crippen LogP contribution is -2.53. The molecule has 2 nitrogen and oxygen atoms in total. The smallest absolute Gasteiger partial charge is 0.0517 e. The Balaban J connectivity index is 0.962. The fraction of sp³-hybridized carbons (Fsp3) is 0.390. The van der Waals surface area contributed by atoms with Crippen molar-refractivity contribution < 1.29 is 0 Å². The van der Waals surface area contributed by atoms with Crippen molar-refractivity contribution in [3.05, 3.63) is 156 Å². The summed E-state index contributed by atoms with van der Waals surface area (Å²) in [5.41, 5.74) is 19.6. The number of fused-ring (bicyclic) bond motifs is 9. The van der Waals surface area contributed by atoms with Gasteiger partial charge in [-0.05, 0) is 156 Å². The molecular weight excluding hydrogens is 737 g/mol. The molecule has 310 valence electrons. The maximum Gasteiger partial charge on any atom is 0.0517 e. The van der Waals surface area contributed by atoms with Gasteiger partial charge in [0, 0.05) is 39.0 Å². The van der Waals surface area contributed by atoms with Crippen molar-refractivity contribution in [3.63, 3.8) is 0 Å². The van der Waals surface area contributed by atoms with E-state index in [1.54, 1.807) is 0 Å². The van der Waals surface area contributed by atoms with Gasteiger partial charge in [0.15, 0.2) is 0 Å². The van der Waals surface area contributed by atoms with Crippen LogP contribution in [-0.4, -0.2) is 11.1 Å². The summed E-state index contributed by atoms with van der Waals surface area (Å²) in [5.74, 6) is 0. The third-order valence-electron chi connectivity index (χ3n) is 17.6. The van der Waals surface area contributed by atoms with Gasteiger partial charge in [0.1, 0.15) is 0 Å². The van der Waals surface area contributed by atoms with E-state index in [4.69, 9.17) is 0 Å². The second kappa shape index (κ2) is 14.0. The van der Waals surface area contributed by atoms with Gasteiger partial charge in [-0.1, -0.05) is 152 Å². The third kappa shape index (κ3) is 5.52. The lowest BCUT2D eigenvalue weighted by atomic mass is 9.63. The van der Waals surface area contributed by atoms with Crippen molar-refractivity contribution in [1.29, 1.82) is 0 Å². The average Bonchev–Trinajstić information content (AvgIpc) is 3.69. The maximum atomic E-state index is 2.72. The number of nitrogens with zero attached hydrogens (tertiary/aromatic N) is 2. The van der Waals surface area contributed by atoms with Crippen LogP contribution in [0.15, 0.2) is 133 Å². The van der Waals surface area contributed by atoms with Crippen LogP contribution in [0.2, 0.25) is 0 Å². The molecule has 6 aromatic carbocycles. The molecule has 3 aliphatic carbocycles. The van der Waals surface area contributed by atoms with E-state index in [1.165, 1.54) is 155 Å². The van der Waals surface area contributed by atoms with E-state index < -0.39 is 0 Å². The van der Waals surface area contributed by atoms with Gasteiger partial charge in [0.05, 0.1) is 11.1 Å². The summed E-state index contributed by atoms with van der Waals surface area (Å²) in [7, 11) is 0. The number of hydrogen-bond acceptors (Lipinski definition) is 2. The van der Waals surface area contributed by atoms with E-state index in [2.05, 4.69) is 185 Å². The van der Waals surface area contributed by atoms with Crippen LogP contribution >= 0.6 is 0 Å². The van der Waals surface area contributed by atoms with Gasteiger partial charge in [0.25, 0.3) is 0 Å². The summed E-state index contributed by atoms with van der Waals surface area (Å²) in [5, 5.41) is 0. The van der Waals surface area contributed by atoms with Gasteiger partial charge in [-0.3, -0.25) is 0 Å². The summed E-state index contributed by atoms with van der Waals surface area (Å²) in [4.78, 5) is 5.43. The molecule has 5 aliphatic rings. The Morgan fingerprint density at radius 1 is 0.344 bits per heavy atom. The number of rotatable bonds is 4. The highest BCUT2D eigenvalue weighted by molar-refractivity contribution is 5.88. The van der Waals surface area contributed by atoms with Gasteiger partial charge in [-0.25, -0.2) is 0 Å². The van der Waals surface area contributed by atoms with Crippen LogP contribution in [0.3, 0.4) is 0 Å². The first-order valence-corrected chi connectivity index (χ1v) is 23.8. The predicted octanol–water partition coefficient (Wildman–Crippen LogP) is 16.4. The van der Waals surface area contributed by atoms with Crippen LogP contribution in [0, 0.1) is 0 Å². The zero-order valence-electron chi connectivity index (χ0n) is 37.6.